The number of hydrogen-bond acceptors (Lipinski definition) is 0. The van der Waals surface area contributed by atoms with Crippen LogP contribution in [0.2, 0.25) is 0 Å². The van der Waals surface area contributed by atoms with Gasteiger partial charge in [0, 0.05) is 0 Å². The van der Waals surface area contributed by atoms with Crippen LogP contribution in [-0.2, 0) is 0 Å². The van der Waals surface area contributed by atoms with E-state index in [1.165, 1.54) is 193 Å². The van der Waals surface area contributed by atoms with Crippen LogP contribution in [0.4, 0.5) is 4.39 Å². The van der Waals surface area contributed by atoms with Crippen molar-refractivity contribution in [3.05, 3.63) is 0 Å². The quantitative estimate of drug-likeness (QED) is 0.227. The molecule has 0 nitrogen and oxygen atoms in total. The highest BCUT2D eigenvalue weighted by molar-refractivity contribution is 4.90. The van der Waals surface area contributed by atoms with Gasteiger partial charge in [-0.2, -0.15) is 0 Å². The molecule has 0 heterocycles. The van der Waals surface area contributed by atoms with Gasteiger partial charge in [0.15, 0.2) is 0 Å². The first-order chi connectivity index (χ1) is 35.6. The molecule has 7 atom stereocenters. The zero-order chi connectivity index (χ0) is 58.8. The lowest BCUT2D eigenvalue weighted by molar-refractivity contribution is 0.0286. The van der Waals surface area contributed by atoms with Crippen molar-refractivity contribution in [3.8, 4) is 0 Å². The monoisotopic (exact) mass is 1080 g/mol. The second kappa shape index (κ2) is 37.3. The molecule has 0 N–H and O–H groups in total. The molecule has 9 fully saturated rings. The maximum Gasteiger partial charge on any atom is 0.101 e. The van der Waals surface area contributed by atoms with Gasteiger partial charge in [-0.05, 0) is 168 Å². The molecule has 1 heteroatoms. The second-order valence-corrected chi connectivity index (χ2v) is 34.0. The van der Waals surface area contributed by atoms with Crippen LogP contribution in [0.15, 0.2) is 0 Å². The Morgan fingerprint density at radius 2 is 0.571 bits per heavy atom. The van der Waals surface area contributed by atoms with E-state index in [4.69, 9.17) is 0 Å². The molecule has 0 aromatic heterocycles. The van der Waals surface area contributed by atoms with Gasteiger partial charge in [0.1, 0.15) is 6.17 Å². The summed E-state index contributed by atoms with van der Waals surface area (Å²) in [6.45, 7) is 57.1. The zero-order valence-electron chi connectivity index (χ0n) is 58.2. The van der Waals surface area contributed by atoms with Crippen molar-refractivity contribution in [3.63, 3.8) is 0 Å². The lowest BCUT2D eigenvalue weighted by atomic mass is 9.58. The Morgan fingerprint density at radius 3 is 0.805 bits per heavy atom. The van der Waals surface area contributed by atoms with Gasteiger partial charge in [-0.25, -0.2) is 4.39 Å². The minimum atomic E-state index is -0.458. The molecule has 77 heavy (non-hydrogen) atoms. The molecule has 0 spiro atoms. The molecule has 0 aliphatic heterocycles. The lowest BCUT2D eigenvalue weighted by Crippen LogP contribution is -2.38. The van der Waals surface area contributed by atoms with Gasteiger partial charge < -0.3 is 0 Å². The summed E-state index contributed by atoms with van der Waals surface area (Å²) >= 11 is 0. The summed E-state index contributed by atoms with van der Waals surface area (Å²) in [5.74, 6) is 13.4. The van der Waals surface area contributed by atoms with Crippen LogP contribution in [0.5, 0.6) is 0 Å². The summed E-state index contributed by atoms with van der Waals surface area (Å²) in [4.78, 5) is 0. The first-order valence-corrected chi connectivity index (χ1v) is 35.2. The molecule has 462 valence electrons. The highest BCUT2D eigenvalue weighted by Crippen LogP contribution is 2.50. The summed E-state index contributed by atoms with van der Waals surface area (Å²) in [6, 6.07) is 0. The van der Waals surface area contributed by atoms with Crippen LogP contribution >= 0.6 is 0 Å². The third-order valence-electron chi connectivity index (χ3n) is 24.3. The molecule has 0 bridgehead atoms. The van der Waals surface area contributed by atoms with Crippen LogP contribution < -0.4 is 0 Å². The van der Waals surface area contributed by atoms with Crippen LogP contribution in [0.1, 0.15) is 372 Å². The zero-order valence-corrected chi connectivity index (χ0v) is 58.2. The molecular weight excluding hydrogens is 932 g/mol. The SMILES string of the molecule is CC1(C)CCCCC1.CC1C(C)(C)CCCC1(C)C.CC1CC(F)C1.CC1CCC(C)(C)CC1.CC1CCC(C)CC1.CC1CCCC(C)C1C.CC1CCCC(C)C1C.CC1CCCC[C@H]1C.C[C@@H]1CCCCC1(C)C. The minimum Gasteiger partial charge on any atom is -0.247 e. The fourth-order valence-corrected chi connectivity index (χ4v) is 14.6. The maximum atomic E-state index is 11.8. The summed E-state index contributed by atoms with van der Waals surface area (Å²) in [6.07, 6.45) is 44.9. The largest absolute Gasteiger partial charge is 0.247 e. The molecular formula is C76H151F. The fourth-order valence-electron chi connectivity index (χ4n) is 14.6. The highest BCUT2D eigenvalue weighted by atomic mass is 19.1. The van der Waals surface area contributed by atoms with Gasteiger partial charge in [-0.1, -0.05) is 314 Å². The Balaban J connectivity index is 0.000000434. The Labute approximate surface area is 489 Å². The smallest absolute Gasteiger partial charge is 0.101 e. The fraction of sp³-hybridized carbons (Fsp3) is 1.00. The van der Waals surface area contributed by atoms with Crippen LogP contribution in [0.3, 0.4) is 0 Å². The highest BCUT2D eigenvalue weighted by Gasteiger charge is 2.40. The number of hydrogen-bond donors (Lipinski definition) is 0. The van der Waals surface area contributed by atoms with Crippen molar-refractivity contribution < 1.29 is 4.39 Å². The molecule has 9 aliphatic rings. The Hall–Kier alpha value is -0.0700. The summed E-state index contributed by atoms with van der Waals surface area (Å²) in [5, 5.41) is 0. The first-order valence-electron chi connectivity index (χ1n) is 35.2. The van der Waals surface area contributed by atoms with Gasteiger partial charge in [0.25, 0.3) is 0 Å². The van der Waals surface area contributed by atoms with Crippen LogP contribution in [0.25, 0.3) is 0 Å². The molecule has 9 rings (SSSR count). The maximum absolute atomic E-state index is 11.8. The normalized spacial score (nSPS) is 36.8. The lowest BCUT2D eigenvalue weighted by Gasteiger charge is -2.47. The summed E-state index contributed by atoms with van der Waals surface area (Å²) in [5.41, 5.74) is 3.12. The Kier molecular flexibility index (Phi) is 36.3. The van der Waals surface area contributed by atoms with Crippen molar-refractivity contribution in [1.29, 1.82) is 0 Å². The number of rotatable bonds is 0. The number of halogens is 1. The van der Waals surface area contributed by atoms with Crippen molar-refractivity contribution in [1.82, 2.24) is 0 Å². The van der Waals surface area contributed by atoms with Crippen LogP contribution in [-0.4, -0.2) is 6.17 Å². The molecule has 0 aromatic carbocycles. The minimum absolute atomic E-state index is 0.458. The number of alkyl halides is 1. The Morgan fingerprint density at radius 1 is 0.260 bits per heavy atom. The Bertz CT molecular complexity index is 1310. The van der Waals surface area contributed by atoms with Gasteiger partial charge in [-0.15, -0.1) is 0 Å². The van der Waals surface area contributed by atoms with Gasteiger partial charge in [-0.3, -0.25) is 0 Å². The molecule has 5 unspecified atom stereocenters. The van der Waals surface area contributed by atoms with Crippen molar-refractivity contribution in [2.24, 2.45) is 110 Å². The van der Waals surface area contributed by atoms with E-state index >= 15 is 0 Å². The molecule has 0 aromatic rings. The second-order valence-electron chi connectivity index (χ2n) is 34.0. The molecule has 9 aliphatic carbocycles. The molecule has 9 saturated carbocycles. The van der Waals surface area contributed by atoms with E-state index in [0.717, 1.165) is 89.8 Å². The van der Waals surface area contributed by atoms with Gasteiger partial charge >= 0.3 is 0 Å². The van der Waals surface area contributed by atoms with E-state index in [1.807, 2.05) is 0 Å². The topological polar surface area (TPSA) is 0 Å². The molecule has 0 radical (unpaired) electrons. The van der Waals surface area contributed by atoms with E-state index in [2.05, 4.69) is 166 Å². The summed E-state index contributed by atoms with van der Waals surface area (Å²) in [7, 11) is 0. The molecule has 0 amide bonds. The van der Waals surface area contributed by atoms with Gasteiger partial charge in [0.2, 0.25) is 0 Å². The van der Waals surface area contributed by atoms with E-state index in [9.17, 15) is 4.39 Å². The predicted molar refractivity (Wildman–Crippen MR) is 350 cm³/mol. The summed E-state index contributed by atoms with van der Waals surface area (Å²) < 4.78 is 11.8. The average molecular weight is 1080 g/mol. The van der Waals surface area contributed by atoms with Crippen molar-refractivity contribution >= 4 is 0 Å². The third-order valence-corrected chi connectivity index (χ3v) is 24.3. The predicted octanol–water partition coefficient (Wildman–Crippen LogP) is 26.9. The molecule has 0 saturated heterocycles. The third kappa shape index (κ3) is 32.5. The van der Waals surface area contributed by atoms with E-state index in [0.29, 0.717) is 33.0 Å². The standard InChI is InChI=1S/C11H22.4C9H18.3C8H16.C5H9F/c1-9-10(2,3)7-6-8-11(9,4)5;1-8-4-6-9(2,3)7-5-8;1-8-6-4-5-7-9(8,2)3;2*1-7-5-4-6-8(2)9(7)3;1-7-3-5-8(2)6-4-7;1-8(2)6-4-3-5-7-8;1-7-5-3-4-6-8(7)2;1-4-2-5(6)3-4/h9H,6-8H2,1-5H3;2*8H,4-7H2,1-3H3;2*7-9H,4-6H2,1-3H3;7-8H,3-6H2,1-2H3;3-7H2,1-2H3;7-8H,3-6H2,1-2H3;4-5H,2-3H2,1H3/t;;8-;;;;;7-,8?;/m..1....1./s1. The van der Waals surface area contributed by atoms with Gasteiger partial charge in [0.05, 0.1) is 0 Å². The van der Waals surface area contributed by atoms with E-state index < -0.39 is 6.17 Å². The average Bonchev–Trinajstić information content (AvgIpc) is 3.34. The van der Waals surface area contributed by atoms with Crippen molar-refractivity contribution in [2.75, 3.05) is 0 Å². The van der Waals surface area contributed by atoms with E-state index in [-0.39, 0.29) is 0 Å². The van der Waals surface area contributed by atoms with Crippen molar-refractivity contribution in [2.45, 2.75) is 378 Å². The van der Waals surface area contributed by atoms with Crippen LogP contribution in [0, 0.1) is 110 Å². The first kappa shape index (κ1) is 74.9. The van der Waals surface area contributed by atoms with E-state index in [1.54, 1.807) is 0 Å².